The highest BCUT2D eigenvalue weighted by atomic mass is 35.5. The number of benzene rings is 1. The summed E-state index contributed by atoms with van der Waals surface area (Å²) in [5, 5.41) is 11.2. The van der Waals surface area contributed by atoms with Crippen LogP contribution in [0, 0.1) is 10.1 Å². The standard InChI is InChI=1S/C12H10ClN3O5S/c1-21-12-11(6-10(7-14-12)16(17)18)22(19,20)15-9-4-2-8(13)3-5-9/h2-7,15H,1H3. The SMILES string of the molecule is COc1ncc([N+](=O)[O-])cc1S(=O)(=O)Nc1ccc(Cl)cc1. The lowest BCUT2D eigenvalue weighted by atomic mass is 10.3. The van der Waals surface area contributed by atoms with Gasteiger partial charge in [0, 0.05) is 16.8 Å². The van der Waals surface area contributed by atoms with Crippen molar-refractivity contribution in [2.24, 2.45) is 0 Å². The first-order valence-electron chi connectivity index (χ1n) is 5.80. The predicted molar refractivity (Wildman–Crippen MR) is 79.7 cm³/mol. The number of halogens is 1. The van der Waals surface area contributed by atoms with E-state index in [1.54, 1.807) is 0 Å². The van der Waals surface area contributed by atoms with Gasteiger partial charge in [0.1, 0.15) is 6.20 Å². The largest absolute Gasteiger partial charge is 0.480 e. The summed E-state index contributed by atoms with van der Waals surface area (Å²) in [6.07, 6.45) is 0.917. The smallest absolute Gasteiger partial charge is 0.289 e. The molecule has 0 atom stereocenters. The molecular weight excluding hydrogens is 334 g/mol. The van der Waals surface area contributed by atoms with Crippen LogP contribution in [0.1, 0.15) is 0 Å². The van der Waals surface area contributed by atoms with Crippen LogP contribution in [-0.4, -0.2) is 25.4 Å². The molecule has 10 heteroatoms. The van der Waals surface area contributed by atoms with Gasteiger partial charge >= 0.3 is 0 Å². The molecule has 0 unspecified atom stereocenters. The fourth-order valence-corrected chi connectivity index (χ4v) is 2.92. The number of rotatable bonds is 5. The number of sulfonamides is 1. The van der Waals surface area contributed by atoms with Crippen molar-refractivity contribution in [1.82, 2.24) is 4.98 Å². The Bertz CT molecular complexity index is 808. The lowest BCUT2D eigenvalue weighted by Crippen LogP contribution is -2.15. The number of nitrogens with one attached hydrogen (secondary N) is 1. The maximum absolute atomic E-state index is 12.4. The third-order valence-electron chi connectivity index (χ3n) is 2.59. The van der Waals surface area contributed by atoms with E-state index in [-0.39, 0.29) is 11.6 Å². The van der Waals surface area contributed by atoms with E-state index in [9.17, 15) is 18.5 Å². The van der Waals surface area contributed by atoms with E-state index in [2.05, 4.69) is 9.71 Å². The Kier molecular flexibility index (Phi) is 4.48. The molecule has 1 heterocycles. The van der Waals surface area contributed by atoms with Crippen molar-refractivity contribution in [3.63, 3.8) is 0 Å². The normalized spacial score (nSPS) is 11.0. The van der Waals surface area contributed by atoms with Crippen molar-refractivity contribution in [3.8, 4) is 5.88 Å². The van der Waals surface area contributed by atoms with Crippen LogP contribution in [0.4, 0.5) is 11.4 Å². The number of hydrogen-bond acceptors (Lipinski definition) is 6. The molecule has 0 saturated carbocycles. The molecule has 0 spiro atoms. The zero-order valence-corrected chi connectivity index (χ0v) is 12.8. The maximum Gasteiger partial charge on any atom is 0.289 e. The number of hydrogen-bond donors (Lipinski definition) is 1. The van der Waals surface area contributed by atoms with Crippen LogP contribution in [0.2, 0.25) is 5.02 Å². The molecular formula is C12H10ClN3O5S. The van der Waals surface area contributed by atoms with Crippen LogP contribution in [0.15, 0.2) is 41.4 Å². The van der Waals surface area contributed by atoms with Gasteiger partial charge in [0.15, 0.2) is 4.90 Å². The zero-order chi connectivity index (χ0) is 16.3. The summed E-state index contributed by atoms with van der Waals surface area (Å²) in [4.78, 5) is 13.2. The van der Waals surface area contributed by atoms with Crippen molar-refractivity contribution >= 4 is 33.0 Å². The highest BCUT2D eigenvalue weighted by Crippen LogP contribution is 2.27. The fraction of sp³-hybridized carbons (Fsp3) is 0.0833. The summed E-state index contributed by atoms with van der Waals surface area (Å²) in [6, 6.07) is 6.79. The number of anilines is 1. The summed E-state index contributed by atoms with van der Waals surface area (Å²) in [6.45, 7) is 0. The monoisotopic (exact) mass is 343 g/mol. The van der Waals surface area contributed by atoms with Gasteiger partial charge in [-0.15, -0.1) is 0 Å². The second-order valence-corrected chi connectivity index (χ2v) is 6.16. The van der Waals surface area contributed by atoms with E-state index < -0.39 is 25.5 Å². The van der Waals surface area contributed by atoms with E-state index in [1.807, 2.05) is 0 Å². The number of nitrogens with zero attached hydrogens (tertiary/aromatic N) is 2. The molecule has 0 aliphatic heterocycles. The van der Waals surface area contributed by atoms with Crippen molar-refractivity contribution in [2.45, 2.75) is 4.90 Å². The minimum absolute atomic E-state index is 0.243. The number of nitro groups is 1. The first kappa shape index (κ1) is 16.0. The van der Waals surface area contributed by atoms with Crippen LogP contribution in [-0.2, 0) is 10.0 Å². The van der Waals surface area contributed by atoms with E-state index in [4.69, 9.17) is 16.3 Å². The molecule has 1 N–H and O–H groups in total. The lowest BCUT2D eigenvalue weighted by molar-refractivity contribution is -0.385. The van der Waals surface area contributed by atoms with Crippen LogP contribution in [0.3, 0.4) is 0 Å². The van der Waals surface area contributed by atoms with Crippen molar-refractivity contribution < 1.29 is 18.1 Å². The summed E-state index contributed by atoms with van der Waals surface area (Å²) >= 11 is 5.72. The topological polar surface area (TPSA) is 111 Å². The minimum atomic E-state index is -4.11. The number of aromatic nitrogens is 1. The zero-order valence-electron chi connectivity index (χ0n) is 11.2. The van der Waals surface area contributed by atoms with Gasteiger partial charge in [0.05, 0.1) is 12.0 Å². The van der Waals surface area contributed by atoms with E-state index in [0.717, 1.165) is 12.3 Å². The van der Waals surface area contributed by atoms with Crippen molar-refractivity contribution in [1.29, 1.82) is 0 Å². The quantitative estimate of drug-likeness (QED) is 0.659. The number of methoxy groups -OCH3 is 1. The van der Waals surface area contributed by atoms with Gasteiger partial charge in [-0.1, -0.05) is 11.6 Å². The molecule has 8 nitrogen and oxygen atoms in total. The first-order valence-corrected chi connectivity index (χ1v) is 7.66. The molecule has 116 valence electrons. The molecule has 0 amide bonds. The fourth-order valence-electron chi connectivity index (χ4n) is 1.60. The summed E-state index contributed by atoms with van der Waals surface area (Å²) in [5.74, 6) is -0.243. The molecule has 0 aliphatic rings. The molecule has 0 bridgehead atoms. The number of ether oxygens (including phenoxy) is 1. The average Bonchev–Trinajstić information content (AvgIpc) is 2.48. The summed E-state index contributed by atoms with van der Waals surface area (Å²) in [5.41, 5.74) is -0.213. The Morgan fingerprint density at radius 1 is 1.32 bits per heavy atom. The highest BCUT2D eigenvalue weighted by molar-refractivity contribution is 7.92. The van der Waals surface area contributed by atoms with E-state index in [1.165, 1.54) is 31.4 Å². The van der Waals surface area contributed by atoms with Gasteiger partial charge in [-0.2, -0.15) is 0 Å². The average molecular weight is 344 g/mol. The van der Waals surface area contributed by atoms with Gasteiger partial charge in [-0.05, 0) is 24.3 Å². The molecule has 0 saturated heterocycles. The third kappa shape index (κ3) is 3.43. The van der Waals surface area contributed by atoms with Crippen LogP contribution < -0.4 is 9.46 Å². The molecule has 22 heavy (non-hydrogen) atoms. The van der Waals surface area contributed by atoms with Gasteiger partial charge in [-0.25, -0.2) is 13.4 Å². The van der Waals surface area contributed by atoms with Crippen molar-refractivity contribution in [2.75, 3.05) is 11.8 Å². The van der Waals surface area contributed by atoms with E-state index in [0.29, 0.717) is 5.02 Å². The summed E-state index contributed by atoms with van der Waals surface area (Å²) in [7, 11) is -2.89. The van der Waals surface area contributed by atoms with Gasteiger partial charge < -0.3 is 4.74 Å². The Morgan fingerprint density at radius 3 is 2.50 bits per heavy atom. The minimum Gasteiger partial charge on any atom is -0.480 e. The van der Waals surface area contributed by atoms with Crippen LogP contribution >= 0.6 is 11.6 Å². The maximum atomic E-state index is 12.4. The second kappa shape index (κ2) is 6.16. The van der Waals surface area contributed by atoms with Crippen LogP contribution in [0.5, 0.6) is 5.88 Å². The summed E-state index contributed by atoms with van der Waals surface area (Å²) < 4.78 is 31.8. The first-order chi connectivity index (χ1) is 10.3. The van der Waals surface area contributed by atoms with Gasteiger partial charge in [0.25, 0.3) is 15.7 Å². The predicted octanol–water partition coefficient (Wildman–Crippen LogP) is 2.45. The Hall–Kier alpha value is -2.39. The lowest BCUT2D eigenvalue weighted by Gasteiger charge is -2.10. The van der Waals surface area contributed by atoms with Gasteiger partial charge in [0.2, 0.25) is 5.88 Å². The molecule has 2 rings (SSSR count). The van der Waals surface area contributed by atoms with Gasteiger partial charge in [-0.3, -0.25) is 14.8 Å². The Morgan fingerprint density at radius 2 is 1.95 bits per heavy atom. The molecule has 1 aromatic carbocycles. The molecule has 0 radical (unpaired) electrons. The number of pyridine rings is 1. The molecule has 1 aromatic heterocycles. The highest BCUT2D eigenvalue weighted by Gasteiger charge is 2.24. The molecule has 0 aliphatic carbocycles. The van der Waals surface area contributed by atoms with E-state index >= 15 is 0 Å². The van der Waals surface area contributed by atoms with Crippen LogP contribution in [0.25, 0.3) is 0 Å². The van der Waals surface area contributed by atoms with Crippen molar-refractivity contribution in [3.05, 3.63) is 51.7 Å². The third-order valence-corrected chi connectivity index (χ3v) is 4.22. The Balaban J connectivity index is 2.45. The molecule has 2 aromatic rings. The Labute approximate surface area is 130 Å². The molecule has 0 fully saturated rings. The second-order valence-electron chi connectivity index (χ2n) is 4.07.